The Balaban J connectivity index is 1.87. The maximum atomic E-state index is 12.6. The lowest BCUT2D eigenvalue weighted by Gasteiger charge is -2.46. The second-order valence-corrected chi connectivity index (χ2v) is 8.44. The Morgan fingerprint density at radius 2 is 1.76 bits per heavy atom. The summed E-state index contributed by atoms with van der Waals surface area (Å²) in [5, 5.41) is 11.5. The molecule has 0 bridgehead atoms. The van der Waals surface area contributed by atoms with Crippen LogP contribution >= 0.6 is 11.6 Å². The first-order valence-electron chi connectivity index (χ1n) is 8.56. The Bertz CT molecular complexity index is 798. The number of benzene rings is 1. The lowest BCUT2D eigenvalue weighted by molar-refractivity contribution is 0.170. The molecule has 2 heterocycles. The molecule has 134 valence electrons. The van der Waals surface area contributed by atoms with Crippen LogP contribution in [0.2, 0.25) is 5.02 Å². The Hall–Kier alpha value is -1.85. The SMILES string of the molecule is CC1(C)CC(Nc2cnn(-c3ccccc3)c(=O)c2Cl)CC(C)(C)N1. The van der Waals surface area contributed by atoms with Crippen molar-refractivity contribution in [3.63, 3.8) is 0 Å². The van der Waals surface area contributed by atoms with Crippen molar-refractivity contribution in [3.05, 3.63) is 51.9 Å². The number of aromatic nitrogens is 2. The van der Waals surface area contributed by atoms with Crippen molar-refractivity contribution in [2.45, 2.75) is 57.7 Å². The molecule has 1 fully saturated rings. The van der Waals surface area contributed by atoms with Gasteiger partial charge in [0.2, 0.25) is 0 Å². The topological polar surface area (TPSA) is 59.0 Å². The summed E-state index contributed by atoms with van der Waals surface area (Å²) in [6.45, 7) is 8.76. The molecular weight excluding hydrogens is 336 g/mol. The van der Waals surface area contributed by atoms with Gasteiger partial charge < -0.3 is 10.6 Å². The fourth-order valence-electron chi connectivity index (χ4n) is 3.93. The molecule has 0 amide bonds. The van der Waals surface area contributed by atoms with Gasteiger partial charge in [-0.15, -0.1) is 0 Å². The summed E-state index contributed by atoms with van der Waals surface area (Å²) in [7, 11) is 0. The van der Waals surface area contributed by atoms with E-state index >= 15 is 0 Å². The first-order valence-corrected chi connectivity index (χ1v) is 8.94. The normalized spacial score (nSPS) is 19.6. The highest BCUT2D eigenvalue weighted by atomic mass is 35.5. The number of rotatable bonds is 3. The Labute approximate surface area is 153 Å². The Kier molecular flexibility index (Phi) is 4.64. The zero-order valence-electron chi connectivity index (χ0n) is 15.1. The third-order valence-corrected chi connectivity index (χ3v) is 4.83. The van der Waals surface area contributed by atoms with Crippen LogP contribution in [0.5, 0.6) is 0 Å². The smallest absolute Gasteiger partial charge is 0.292 e. The highest BCUT2D eigenvalue weighted by Gasteiger charge is 2.37. The number of piperidine rings is 1. The molecule has 1 saturated heterocycles. The summed E-state index contributed by atoms with van der Waals surface area (Å²) >= 11 is 6.36. The number of nitrogens with one attached hydrogen (secondary N) is 2. The summed E-state index contributed by atoms with van der Waals surface area (Å²) in [6, 6.07) is 9.50. The number of nitrogens with zero attached hydrogens (tertiary/aromatic N) is 2. The van der Waals surface area contributed by atoms with E-state index in [4.69, 9.17) is 11.6 Å². The fourth-order valence-corrected chi connectivity index (χ4v) is 4.11. The predicted octanol–water partition coefficient (Wildman–Crippen LogP) is 3.61. The summed E-state index contributed by atoms with van der Waals surface area (Å²) in [4.78, 5) is 12.6. The molecule has 0 unspecified atom stereocenters. The number of hydrogen-bond acceptors (Lipinski definition) is 4. The molecule has 1 aromatic carbocycles. The van der Waals surface area contributed by atoms with E-state index in [-0.39, 0.29) is 27.7 Å². The van der Waals surface area contributed by atoms with Gasteiger partial charge in [-0.05, 0) is 52.7 Å². The van der Waals surface area contributed by atoms with Crippen molar-refractivity contribution in [2.75, 3.05) is 5.32 Å². The minimum absolute atomic E-state index is 0.0122. The van der Waals surface area contributed by atoms with Crippen LogP contribution in [0.4, 0.5) is 5.69 Å². The number of halogens is 1. The third-order valence-electron chi connectivity index (χ3n) is 4.47. The summed E-state index contributed by atoms with van der Waals surface area (Å²) < 4.78 is 1.32. The second kappa shape index (κ2) is 6.46. The van der Waals surface area contributed by atoms with Gasteiger partial charge in [0, 0.05) is 17.1 Å². The van der Waals surface area contributed by atoms with Crippen molar-refractivity contribution in [2.24, 2.45) is 0 Å². The summed E-state index contributed by atoms with van der Waals surface area (Å²) in [5.74, 6) is 0. The van der Waals surface area contributed by atoms with Gasteiger partial charge >= 0.3 is 0 Å². The van der Waals surface area contributed by atoms with E-state index in [0.717, 1.165) is 12.8 Å². The molecule has 3 rings (SSSR count). The molecule has 1 aromatic heterocycles. The zero-order chi connectivity index (χ0) is 18.2. The fraction of sp³-hybridized carbons (Fsp3) is 0.474. The van der Waals surface area contributed by atoms with E-state index < -0.39 is 0 Å². The molecular formula is C19H25ClN4O. The molecule has 0 spiro atoms. The predicted molar refractivity (Wildman–Crippen MR) is 103 cm³/mol. The van der Waals surface area contributed by atoms with Crippen molar-refractivity contribution < 1.29 is 0 Å². The Morgan fingerprint density at radius 1 is 1.16 bits per heavy atom. The van der Waals surface area contributed by atoms with E-state index in [9.17, 15) is 4.79 Å². The molecule has 6 heteroatoms. The van der Waals surface area contributed by atoms with Crippen molar-refractivity contribution in [1.29, 1.82) is 0 Å². The minimum Gasteiger partial charge on any atom is -0.379 e. The minimum atomic E-state index is -0.315. The highest BCUT2D eigenvalue weighted by Crippen LogP contribution is 2.31. The molecule has 5 nitrogen and oxygen atoms in total. The maximum Gasteiger partial charge on any atom is 0.292 e. The average molecular weight is 361 g/mol. The largest absolute Gasteiger partial charge is 0.379 e. The van der Waals surface area contributed by atoms with Gasteiger partial charge in [-0.3, -0.25) is 4.79 Å². The monoisotopic (exact) mass is 360 g/mol. The average Bonchev–Trinajstić information content (AvgIpc) is 2.50. The highest BCUT2D eigenvalue weighted by molar-refractivity contribution is 6.33. The van der Waals surface area contributed by atoms with E-state index in [2.05, 4.69) is 43.4 Å². The standard InChI is InChI=1S/C19H25ClN4O/c1-18(2)10-13(11-19(3,4)23-18)22-15-12-21-24(17(25)16(15)20)14-8-6-5-7-9-14/h5-9,12-13,22-23H,10-11H2,1-4H3. The van der Waals surface area contributed by atoms with Gasteiger partial charge in [-0.25, -0.2) is 0 Å². The van der Waals surface area contributed by atoms with Crippen molar-refractivity contribution in [3.8, 4) is 5.69 Å². The van der Waals surface area contributed by atoms with Gasteiger partial charge in [-0.1, -0.05) is 29.8 Å². The molecule has 2 N–H and O–H groups in total. The molecule has 0 atom stereocenters. The van der Waals surface area contributed by atoms with Crippen LogP contribution in [0, 0.1) is 0 Å². The van der Waals surface area contributed by atoms with Crippen LogP contribution in [0.25, 0.3) is 5.69 Å². The van der Waals surface area contributed by atoms with Crippen LogP contribution in [-0.4, -0.2) is 26.9 Å². The lowest BCUT2D eigenvalue weighted by atomic mass is 9.79. The molecule has 0 saturated carbocycles. The zero-order valence-corrected chi connectivity index (χ0v) is 15.9. The molecule has 1 aliphatic heterocycles. The molecule has 0 aliphatic carbocycles. The van der Waals surface area contributed by atoms with Crippen molar-refractivity contribution >= 4 is 17.3 Å². The van der Waals surface area contributed by atoms with Gasteiger partial charge in [0.15, 0.2) is 0 Å². The maximum absolute atomic E-state index is 12.6. The quantitative estimate of drug-likeness (QED) is 0.877. The van der Waals surface area contributed by atoms with Crippen LogP contribution in [0.1, 0.15) is 40.5 Å². The van der Waals surface area contributed by atoms with E-state index in [1.807, 2.05) is 30.3 Å². The van der Waals surface area contributed by atoms with E-state index in [0.29, 0.717) is 11.4 Å². The van der Waals surface area contributed by atoms with E-state index in [1.165, 1.54) is 4.68 Å². The van der Waals surface area contributed by atoms with Gasteiger partial charge in [0.1, 0.15) is 5.02 Å². The van der Waals surface area contributed by atoms with Gasteiger partial charge in [0.05, 0.1) is 17.6 Å². The number of hydrogen-bond donors (Lipinski definition) is 2. The summed E-state index contributed by atoms with van der Waals surface area (Å²) in [6.07, 6.45) is 3.52. The van der Waals surface area contributed by atoms with Gasteiger partial charge in [0.25, 0.3) is 5.56 Å². The number of para-hydroxylation sites is 1. The van der Waals surface area contributed by atoms with E-state index in [1.54, 1.807) is 6.20 Å². The van der Waals surface area contributed by atoms with Crippen LogP contribution in [0.3, 0.4) is 0 Å². The third kappa shape index (κ3) is 4.05. The molecule has 25 heavy (non-hydrogen) atoms. The number of anilines is 1. The second-order valence-electron chi connectivity index (χ2n) is 8.07. The van der Waals surface area contributed by atoms with Crippen LogP contribution in [0.15, 0.2) is 41.3 Å². The van der Waals surface area contributed by atoms with Gasteiger partial charge in [-0.2, -0.15) is 9.78 Å². The molecule has 1 aliphatic rings. The van der Waals surface area contributed by atoms with Crippen molar-refractivity contribution in [1.82, 2.24) is 15.1 Å². The van der Waals surface area contributed by atoms with Crippen LogP contribution < -0.4 is 16.2 Å². The summed E-state index contributed by atoms with van der Waals surface area (Å²) in [5.41, 5.74) is 1.00. The Morgan fingerprint density at radius 3 is 2.36 bits per heavy atom. The van der Waals surface area contributed by atoms with Crippen LogP contribution in [-0.2, 0) is 0 Å². The first-order chi connectivity index (χ1) is 11.7. The first kappa shape index (κ1) is 18.0. The lowest BCUT2D eigenvalue weighted by Crippen LogP contribution is -2.60. The molecule has 0 radical (unpaired) electrons. The molecule has 2 aromatic rings.